The van der Waals surface area contributed by atoms with Gasteiger partial charge in [-0.1, -0.05) is 0 Å². The Morgan fingerprint density at radius 3 is 2.25 bits per heavy atom. The van der Waals surface area contributed by atoms with E-state index in [1.54, 1.807) is 13.0 Å². The molecule has 0 aromatic carbocycles. The molecular weight excluding hydrogens is 258 g/mol. The van der Waals surface area contributed by atoms with Crippen molar-refractivity contribution in [3.8, 4) is 0 Å². The van der Waals surface area contributed by atoms with E-state index in [0.717, 1.165) is 5.82 Å². The van der Waals surface area contributed by atoms with E-state index in [1.807, 2.05) is 27.7 Å². The lowest BCUT2D eigenvalue weighted by molar-refractivity contribution is -0.385. The smallest absolute Gasteiger partial charge is 0.290 e. The van der Waals surface area contributed by atoms with Crippen LogP contribution in [-0.2, 0) is 4.74 Å². The van der Waals surface area contributed by atoms with Crippen molar-refractivity contribution in [3.05, 3.63) is 27.9 Å². The highest BCUT2D eigenvalue weighted by Crippen LogP contribution is 2.31. The molecule has 1 aliphatic heterocycles. The molecule has 0 spiro atoms. The Balaban J connectivity index is 2.32. The summed E-state index contributed by atoms with van der Waals surface area (Å²) in [5.74, 6) is 0.762. The molecule has 1 aromatic heterocycles. The zero-order chi connectivity index (χ0) is 15.1. The van der Waals surface area contributed by atoms with Gasteiger partial charge in [0.25, 0.3) is 5.69 Å². The van der Waals surface area contributed by atoms with Gasteiger partial charge in [0, 0.05) is 19.2 Å². The first-order valence-corrected chi connectivity index (χ1v) is 6.67. The molecule has 0 unspecified atom stereocenters. The molecule has 110 valence electrons. The average Bonchev–Trinajstić information content (AvgIpc) is 2.23. The van der Waals surface area contributed by atoms with Crippen LogP contribution in [0.15, 0.2) is 12.1 Å². The molecule has 1 aliphatic rings. The highest BCUT2D eigenvalue weighted by Gasteiger charge is 2.38. The molecule has 0 saturated carbocycles. The summed E-state index contributed by atoms with van der Waals surface area (Å²) in [6.07, 6.45) is 0. The summed E-state index contributed by atoms with van der Waals surface area (Å²) in [6, 6.07) is 3.23. The SMILES string of the molecule is Cc1nc(N2CC(C)(C)OC(C)(C)C2)ccc1[N+](=O)[O-]. The van der Waals surface area contributed by atoms with E-state index in [4.69, 9.17) is 4.74 Å². The van der Waals surface area contributed by atoms with Crippen LogP contribution in [0.1, 0.15) is 33.4 Å². The molecule has 2 heterocycles. The lowest BCUT2D eigenvalue weighted by Crippen LogP contribution is -2.57. The second kappa shape index (κ2) is 4.70. The largest absolute Gasteiger partial charge is 0.366 e. The van der Waals surface area contributed by atoms with E-state index in [0.29, 0.717) is 18.8 Å². The lowest BCUT2D eigenvalue weighted by Gasteiger charge is -2.47. The fraction of sp³-hybridized carbons (Fsp3) is 0.643. The molecule has 0 aliphatic carbocycles. The van der Waals surface area contributed by atoms with E-state index in [-0.39, 0.29) is 16.9 Å². The standard InChI is InChI=1S/C14H21N3O3/c1-10-11(17(18)19)6-7-12(15-10)16-8-13(2,3)20-14(4,5)9-16/h6-7H,8-9H2,1-5H3. The van der Waals surface area contributed by atoms with Crippen molar-refractivity contribution in [1.82, 2.24) is 4.98 Å². The first kappa shape index (κ1) is 14.7. The third-order valence-electron chi connectivity index (χ3n) is 3.26. The minimum absolute atomic E-state index is 0.0560. The number of ether oxygens (including phenoxy) is 1. The summed E-state index contributed by atoms with van der Waals surface area (Å²) >= 11 is 0. The summed E-state index contributed by atoms with van der Waals surface area (Å²) in [7, 11) is 0. The van der Waals surface area contributed by atoms with Crippen LogP contribution in [0.3, 0.4) is 0 Å². The number of aromatic nitrogens is 1. The third-order valence-corrected chi connectivity index (χ3v) is 3.26. The van der Waals surface area contributed by atoms with Crippen molar-refractivity contribution in [3.63, 3.8) is 0 Å². The molecule has 0 N–H and O–H groups in total. The molecule has 1 fully saturated rings. The van der Waals surface area contributed by atoms with Crippen molar-refractivity contribution in [2.24, 2.45) is 0 Å². The van der Waals surface area contributed by atoms with Gasteiger partial charge in [0.15, 0.2) is 0 Å². The van der Waals surface area contributed by atoms with Gasteiger partial charge in [0.2, 0.25) is 0 Å². The lowest BCUT2D eigenvalue weighted by atomic mass is 9.99. The Morgan fingerprint density at radius 1 is 1.25 bits per heavy atom. The molecule has 6 heteroatoms. The number of hydrogen-bond acceptors (Lipinski definition) is 5. The van der Waals surface area contributed by atoms with E-state index >= 15 is 0 Å². The summed E-state index contributed by atoms with van der Waals surface area (Å²) in [4.78, 5) is 16.9. The number of rotatable bonds is 2. The van der Waals surface area contributed by atoms with Gasteiger partial charge in [0.1, 0.15) is 11.5 Å². The normalized spacial score (nSPS) is 20.8. The van der Waals surface area contributed by atoms with Crippen molar-refractivity contribution >= 4 is 11.5 Å². The fourth-order valence-electron chi connectivity index (χ4n) is 2.86. The van der Waals surface area contributed by atoms with Crippen LogP contribution in [0.2, 0.25) is 0 Å². The molecule has 0 radical (unpaired) electrons. The van der Waals surface area contributed by atoms with Crippen molar-refractivity contribution < 1.29 is 9.66 Å². The van der Waals surface area contributed by atoms with Gasteiger partial charge < -0.3 is 9.64 Å². The maximum atomic E-state index is 10.8. The summed E-state index contributed by atoms with van der Waals surface area (Å²) in [6.45, 7) is 11.2. The first-order valence-electron chi connectivity index (χ1n) is 6.67. The maximum absolute atomic E-state index is 10.8. The zero-order valence-electron chi connectivity index (χ0n) is 12.6. The Labute approximate surface area is 118 Å². The number of nitro groups is 1. The van der Waals surface area contributed by atoms with Crippen LogP contribution < -0.4 is 4.90 Å². The Morgan fingerprint density at radius 2 is 1.80 bits per heavy atom. The van der Waals surface area contributed by atoms with Gasteiger partial charge in [-0.3, -0.25) is 10.1 Å². The molecule has 0 atom stereocenters. The van der Waals surface area contributed by atoms with Gasteiger partial charge >= 0.3 is 0 Å². The van der Waals surface area contributed by atoms with Gasteiger partial charge in [-0.25, -0.2) is 4.98 Å². The molecule has 6 nitrogen and oxygen atoms in total. The van der Waals surface area contributed by atoms with Crippen LogP contribution in [0.4, 0.5) is 11.5 Å². The van der Waals surface area contributed by atoms with E-state index in [2.05, 4.69) is 9.88 Å². The predicted molar refractivity (Wildman–Crippen MR) is 77.1 cm³/mol. The minimum atomic E-state index is -0.403. The van der Waals surface area contributed by atoms with Crippen molar-refractivity contribution in [2.75, 3.05) is 18.0 Å². The average molecular weight is 279 g/mol. The van der Waals surface area contributed by atoms with Crippen LogP contribution >= 0.6 is 0 Å². The number of anilines is 1. The Hall–Kier alpha value is -1.69. The summed E-state index contributed by atoms with van der Waals surface area (Å²) in [5, 5.41) is 10.8. The van der Waals surface area contributed by atoms with Gasteiger partial charge in [0.05, 0.1) is 16.1 Å². The fourth-order valence-corrected chi connectivity index (χ4v) is 2.86. The topological polar surface area (TPSA) is 68.5 Å². The van der Waals surface area contributed by atoms with Crippen LogP contribution in [0.5, 0.6) is 0 Å². The molecule has 20 heavy (non-hydrogen) atoms. The summed E-state index contributed by atoms with van der Waals surface area (Å²) in [5.41, 5.74) is -0.0618. The van der Waals surface area contributed by atoms with Crippen LogP contribution in [0.25, 0.3) is 0 Å². The molecule has 0 amide bonds. The van der Waals surface area contributed by atoms with Crippen molar-refractivity contribution in [2.45, 2.75) is 45.8 Å². The number of nitrogens with zero attached hydrogens (tertiary/aromatic N) is 3. The Kier molecular flexibility index (Phi) is 3.46. The number of pyridine rings is 1. The highest BCUT2D eigenvalue weighted by molar-refractivity contribution is 5.47. The minimum Gasteiger partial charge on any atom is -0.366 e. The summed E-state index contributed by atoms with van der Waals surface area (Å²) < 4.78 is 6.03. The van der Waals surface area contributed by atoms with E-state index in [9.17, 15) is 10.1 Å². The second-order valence-corrected chi connectivity index (χ2v) is 6.51. The molecule has 1 saturated heterocycles. The van der Waals surface area contributed by atoms with Gasteiger partial charge in [-0.05, 0) is 40.7 Å². The molecule has 0 bridgehead atoms. The number of aryl methyl sites for hydroxylation is 1. The quantitative estimate of drug-likeness (QED) is 0.615. The van der Waals surface area contributed by atoms with Crippen LogP contribution in [0, 0.1) is 17.0 Å². The zero-order valence-corrected chi connectivity index (χ0v) is 12.6. The number of morpholine rings is 1. The van der Waals surface area contributed by atoms with Crippen LogP contribution in [-0.4, -0.2) is 34.2 Å². The second-order valence-electron chi connectivity index (χ2n) is 6.51. The van der Waals surface area contributed by atoms with Gasteiger partial charge in [-0.15, -0.1) is 0 Å². The molecule has 1 aromatic rings. The van der Waals surface area contributed by atoms with E-state index < -0.39 is 4.92 Å². The van der Waals surface area contributed by atoms with Gasteiger partial charge in [-0.2, -0.15) is 0 Å². The highest BCUT2D eigenvalue weighted by atomic mass is 16.6. The Bertz CT molecular complexity index is 524. The third kappa shape index (κ3) is 3.07. The first-order chi connectivity index (χ1) is 9.10. The van der Waals surface area contributed by atoms with Crippen molar-refractivity contribution in [1.29, 1.82) is 0 Å². The monoisotopic (exact) mass is 279 g/mol. The molecular formula is C14H21N3O3. The van der Waals surface area contributed by atoms with E-state index in [1.165, 1.54) is 6.07 Å². The molecule has 2 rings (SSSR count). The number of hydrogen-bond donors (Lipinski definition) is 0. The maximum Gasteiger partial charge on any atom is 0.290 e. The predicted octanol–water partition coefficient (Wildman–Crippen LogP) is 2.69.